The van der Waals surface area contributed by atoms with E-state index in [1.165, 1.54) is 26.0 Å². The molecule has 0 atom stereocenters. The average molecular weight is 356 g/mol. The predicted molar refractivity (Wildman–Crippen MR) is 96.1 cm³/mol. The van der Waals surface area contributed by atoms with Crippen molar-refractivity contribution >= 4 is 27.3 Å². The molecule has 4 rings (SSSR count). The van der Waals surface area contributed by atoms with Crippen LogP contribution in [0.4, 0.5) is 0 Å². The molecule has 1 aromatic carbocycles. The summed E-state index contributed by atoms with van der Waals surface area (Å²) in [6, 6.07) is 10.8. The quantitative estimate of drug-likeness (QED) is 0.711. The molecule has 3 aromatic rings. The summed E-state index contributed by atoms with van der Waals surface area (Å²) in [7, 11) is 0. The summed E-state index contributed by atoms with van der Waals surface area (Å²) >= 11 is 1.86. The number of hydrogen-bond donors (Lipinski definition) is 0. The Balaban J connectivity index is 1.35. The number of carbonyl (C=O) groups excluding carboxylic acids is 1. The number of amides is 1. The molecule has 130 valence electrons. The summed E-state index contributed by atoms with van der Waals surface area (Å²) in [5.74, 6) is 0.0796. The topological polar surface area (TPSA) is 67.2 Å². The molecule has 0 spiro atoms. The Hall–Kier alpha value is -2.32. The van der Waals surface area contributed by atoms with Gasteiger partial charge >= 0.3 is 0 Å². The molecule has 2 aromatic heterocycles. The summed E-state index contributed by atoms with van der Waals surface area (Å²) in [5.41, 5.74) is 0. The van der Waals surface area contributed by atoms with E-state index in [1.807, 2.05) is 16.2 Å². The molecule has 8 heteroatoms. The second-order valence-electron chi connectivity index (χ2n) is 6.27. The standard InChI is InChI=1S/C17H20N6OS/c24-17(12-23-13-18-19-20-23)22-7-3-6-21(8-9-22)11-15-10-14-4-1-2-5-16(14)25-15/h1-2,4-5,10,13H,3,6-9,11-12H2. The third-order valence-corrected chi connectivity index (χ3v) is 5.59. The maximum atomic E-state index is 12.4. The summed E-state index contributed by atoms with van der Waals surface area (Å²) < 4.78 is 2.81. The van der Waals surface area contributed by atoms with Gasteiger partial charge in [-0.25, -0.2) is 4.68 Å². The Kier molecular flexibility index (Phi) is 4.71. The number of thiophene rings is 1. The van der Waals surface area contributed by atoms with Crippen LogP contribution in [-0.4, -0.2) is 62.1 Å². The fraction of sp³-hybridized carbons (Fsp3) is 0.412. The van der Waals surface area contributed by atoms with Crippen LogP contribution >= 0.6 is 11.3 Å². The number of carbonyl (C=O) groups is 1. The first-order chi connectivity index (χ1) is 12.3. The van der Waals surface area contributed by atoms with Gasteiger partial charge in [0.1, 0.15) is 12.9 Å². The maximum absolute atomic E-state index is 12.4. The van der Waals surface area contributed by atoms with E-state index in [0.29, 0.717) is 0 Å². The van der Waals surface area contributed by atoms with E-state index in [1.54, 1.807) is 0 Å². The largest absolute Gasteiger partial charge is 0.340 e. The fourth-order valence-corrected chi connectivity index (χ4v) is 4.31. The molecule has 25 heavy (non-hydrogen) atoms. The molecule has 3 heterocycles. The molecule has 0 aliphatic carbocycles. The first-order valence-electron chi connectivity index (χ1n) is 8.46. The minimum Gasteiger partial charge on any atom is -0.340 e. The van der Waals surface area contributed by atoms with Crippen LogP contribution in [0.1, 0.15) is 11.3 Å². The summed E-state index contributed by atoms with van der Waals surface area (Å²) in [5, 5.41) is 12.2. The summed E-state index contributed by atoms with van der Waals surface area (Å²) in [6.07, 6.45) is 2.47. The minimum atomic E-state index is 0.0796. The molecule has 1 amide bonds. The van der Waals surface area contributed by atoms with Crippen LogP contribution in [-0.2, 0) is 17.9 Å². The Bertz CT molecular complexity index is 813. The first kappa shape index (κ1) is 16.2. The van der Waals surface area contributed by atoms with E-state index >= 15 is 0 Å². The van der Waals surface area contributed by atoms with Gasteiger partial charge in [-0.05, 0) is 34.4 Å². The van der Waals surface area contributed by atoms with Crippen molar-refractivity contribution in [2.45, 2.75) is 19.5 Å². The molecule has 0 radical (unpaired) electrons. The number of tetrazole rings is 1. The Labute approximate surface area is 149 Å². The molecular formula is C17H20N6OS. The predicted octanol–water partition coefficient (Wildman–Crippen LogP) is 1.62. The number of aromatic nitrogens is 4. The van der Waals surface area contributed by atoms with E-state index in [9.17, 15) is 4.79 Å². The van der Waals surface area contributed by atoms with E-state index in [-0.39, 0.29) is 12.5 Å². The van der Waals surface area contributed by atoms with Crippen LogP contribution in [0.25, 0.3) is 10.1 Å². The van der Waals surface area contributed by atoms with Gasteiger partial charge in [0.05, 0.1) is 0 Å². The lowest BCUT2D eigenvalue weighted by Crippen LogP contribution is -2.37. The van der Waals surface area contributed by atoms with E-state index in [4.69, 9.17) is 0 Å². The van der Waals surface area contributed by atoms with Crippen LogP contribution in [0.5, 0.6) is 0 Å². The Morgan fingerprint density at radius 1 is 1.16 bits per heavy atom. The molecule has 1 saturated heterocycles. The smallest absolute Gasteiger partial charge is 0.244 e. The number of benzene rings is 1. The van der Waals surface area contributed by atoms with Crippen molar-refractivity contribution in [1.29, 1.82) is 0 Å². The third kappa shape index (κ3) is 3.85. The van der Waals surface area contributed by atoms with Crippen molar-refractivity contribution < 1.29 is 4.79 Å². The van der Waals surface area contributed by atoms with Crippen LogP contribution in [0.2, 0.25) is 0 Å². The first-order valence-corrected chi connectivity index (χ1v) is 9.28. The highest BCUT2D eigenvalue weighted by Gasteiger charge is 2.20. The zero-order valence-electron chi connectivity index (χ0n) is 13.9. The normalized spacial score (nSPS) is 16.2. The van der Waals surface area contributed by atoms with Crippen LogP contribution in [0.15, 0.2) is 36.7 Å². The number of hydrogen-bond acceptors (Lipinski definition) is 6. The fourth-order valence-electron chi connectivity index (χ4n) is 3.20. The third-order valence-electron chi connectivity index (χ3n) is 4.49. The van der Waals surface area contributed by atoms with Gasteiger partial charge in [0.2, 0.25) is 5.91 Å². The second-order valence-corrected chi connectivity index (χ2v) is 7.44. The molecule has 0 bridgehead atoms. The van der Waals surface area contributed by atoms with Gasteiger partial charge < -0.3 is 4.90 Å². The number of rotatable bonds is 4. The highest BCUT2D eigenvalue weighted by molar-refractivity contribution is 7.19. The summed E-state index contributed by atoms with van der Waals surface area (Å²) in [6.45, 7) is 4.63. The van der Waals surface area contributed by atoms with Crippen molar-refractivity contribution in [2.24, 2.45) is 0 Å². The Morgan fingerprint density at radius 3 is 2.92 bits per heavy atom. The highest BCUT2D eigenvalue weighted by Crippen LogP contribution is 2.26. The van der Waals surface area contributed by atoms with Crippen LogP contribution in [0, 0.1) is 0 Å². The number of nitrogens with zero attached hydrogens (tertiary/aromatic N) is 6. The van der Waals surface area contributed by atoms with Crippen LogP contribution < -0.4 is 0 Å². The van der Waals surface area contributed by atoms with Gasteiger partial charge in [-0.2, -0.15) is 0 Å². The van der Waals surface area contributed by atoms with E-state index in [0.717, 1.165) is 39.1 Å². The molecule has 1 fully saturated rings. The molecule has 1 aliphatic heterocycles. The molecule has 0 saturated carbocycles. The monoisotopic (exact) mass is 356 g/mol. The lowest BCUT2D eigenvalue weighted by Gasteiger charge is -2.21. The molecule has 1 aliphatic rings. The minimum absolute atomic E-state index is 0.0796. The van der Waals surface area contributed by atoms with E-state index in [2.05, 4.69) is 50.8 Å². The van der Waals surface area contributed by atoms with Crippen molar-refractivity contribution in [2.75, 3.05) is 26.2 Å². The van der Waals surface area contributed by atoms with Gasteiger partial charge in [-0.3, -0.25) is 9.69 Å². The highest BCUT2D eigenvalue weighted by atomic mass is 32.1. The Morgan fingerprint density at radius 2 is 2.08 bits per heavy atom. The average Bonchev–Trinajstić information content (AvgIpc) is 3.20. The van der Waals surface area contributed by atoms with Gasteiger partial charge in [-0.1, -0.05) is 18.2 Å². The molecular weight excluding hydrogens is 336 g/mol. The van der Waals surface area contributed by atoms with Gasteiger partial charge in [0.15, 0.2) is 0 Å². The molecule has 7 nitrogen and oxygen atoms in total. The lowest BCUT2D eigenvalue weighted by atomic mass is 10.2. The molecule has 0 N–H and O–H groups in total. The SMILES string of the molecule is O=C(Cn1cnnn1)N1CCCN(Cc2cc3ccccc3s2)CC1. The van der Waals surface area contributed by atoms with Crippen molar-refractivity contribution in [1.82, 2.24) is 30.0 Å². The second kappa shape index (κ2) is 7.28. The zero-order chi connectivity index (χ0) is 17.1. The van der Waals surface area contributed by atoms with Gasteiger partial charge in [0, 0.05) is 42.3 Å². The lowest BCUT2D eigenvalue weighted by molar-refractivity contribution is -0.131. The summed E-state index contributed by atoms with van der Waals surface area (Å²) in [4.78, 5) is 18.1. The van der Waals surface area contributed by atoms with Crippen molar-refractivity contribution in [3.8, 4) is 0 Å². The number of fused-ring (bicyclic) bond motifs is 1. The van der Waals surface area contributed by atoms with Gasteiger partial charge in [-0.15, -0.1) is 16.4 Å². The van der Waals surface area contributed by atoms with Crippen molar-refractivity contribution in [3.05, 3.63) is 41.5 Å². The van der Waals surface area contributed by atoms with Crippen LogP contribution in [0.3, 0.4) is 0 Å². The van der Waals surface area contributed by atoms with Crippen molar-refractivity contribution in [3.63, 3.8) is 0 Å². The van der Waals surface area contributed by atoms with Gasteiger partial charge in [0.25, 0.3) is 0 Å². The molecule has 0 unspecified atom stereocenters. The van der Waals surface area contributed by atoms with E-state index < -0.39 is 0 Å². The maximum Gasteiger partial charge on any atom is 0.244 e. The zero-order valence-corrected chi connectivity index (χ0v) is 14.7.